The van der Waals surface area contributed by atoms with Gasteiger partial charge >= 0.3 is 15.2 Å². The van der Waals surface area contributed by atoms with Gasteiger partial charge in [-0.15, -0.1) is 0 Å². The molecule has 11 heteroatoms. The van der Waals surface area contributed by atoms with E-state index in [4.69, 9.17) is 33.4 Å². The van der Waals surface area contributed by atoms with Gasteiger partial charge in [-0.3, -0.25) is 9.13 Å². The van der Waals surface area contributed by atoms with Gasteiger partial charge in [-0.1, -0.05) is 0 Å². The van der Waals surface area contributed by atoms with Crippen molar-refractivity contribution in [2.75, 3.05) is 58.6 Å². The Bertz CT molecular complexity index is 419. The summed E-state index contributed by atoms with van der Waals surface area (Å²) in [6.07, 6.45) is 0.416. The average Bonchev–Trinajstić information content (AvgIpc) is 2.95. The average molecular weight is 406 g/mol. The maximum absolute atomic E-state index is 11.9. The van der Waals surface area contributed by atoms with Crippen LogP contribution in [0.15, 0.2) is 0 Å². The van der Waals surface area contributed by atoms with Crippen LogP contribution in [0.1, 0.15) is 20.8 Å². The van der Waals surface area contributed by atoms with E-state index in [0.717, 1.165) is 0 Å². The molecular weight excluding hydrogens is 374 g/mol. The first-order valence-electron chi connectivity index (χ1n) is 8.40. The van der Waals surface area contributed by atoms with Crippen molar-refractivity contribution in [3.63, 3.8) is 0 Å². The first-order chi connectivity index (χ1) is 11.8. The molecule has 1 rings (SSSR count). The Balaban J connectivity index is 0.000000472. The van der Waals surface area contributed by atoms with E-state index in [0.29, 0.717) is 32.6 Å². The highest BCUT2D eigenvalue weighted by atomic mass is 31.2. The Labute approximate surface area is 149 Å². The fourth-order valence-electron chi connectivity index (χ4n) is 2.06. The second-order valence-electron chi connectivity index (χ2n) is 5.42. The fraction of sp³-hybridized carbons (Fsp3) is 1.00. The molecule has 25 heavy (non-hydrogen) atoms. The van der Waals surface area contributed by atoms with E-state index < -0.39 is 21.1 Å². The largest absolute Gasteiger partial charge is 0.396 e. The Morgan fingerprint density at radius 1 is 1.12 bits per heavy atom. The molecule has 1 aliphatic heterocycles. The summed E-state index contributed by atoms with van der Waals surface area (Å²) < 4.78 is 43.2. The topological polar surface area (TPSA) is 132 Å². The zero-order chi connectivity index (χ0) is 19.3. The van der Waals surface area contributed by atoms with Gasteiger partial charge in [0, 0.05) is 31.7 Å². The third-order valence-electron chi connectivity index (χ3n) is 3.22. The summed E-state index contributed by atoms with van der Waals surface area (Å²) in [4.78, 5) is 0. The lowest BCUT2D eigenvalue weighted by molar-refractivity contribution is 0.150. The van der Waals surface area contributed by atoms with Gasteiger partial charge in [0.2, 0.25) is 0 Å². The maximum atomic E-state index is 11.9. The van der Waals surface area contributed by atoms with Gasteiger partial charge in [0.05, 0.1) is 38.8 Å². The Morgan fingerprint density at radius 3 is 2.04 bits per heavy atom. The van der Waals surface area contributed by atoms with Gasteiger partial charge in [0.25, 0.3) is 0 Å². The monoisotopic (exact) mass is 406 g/mol. The van der Waals surface area contributed by atoms with Crippen LogP contribution in [0, 0.1) is 11.8 Å². The first kappa shape index (κ1) is 25.2. The van der Waals surface area contributed by atoms with Crippen molar-refractivity contribution in [2.24, 2.45) is 11.8 Å². The molecule has 0 aromatic rings. The van der Waals surface area contributed by atoms with Gasteiger partial charge in [-0.25, -0.2) is 0 Å². The molecule has 1 saturated heterocycles. The van der Waals surface area contributed by atoms with Gasteiger partial charge in [0.15, 0.2) is 0 Å². The zero-order valence-corrected chi connectivity index (χ0v) is 17.0. The molecular formula is C14H32O9P2. The molecule has 0 saturated carbocycles. The lowest BCUT2D eigenvalue weighted by Crippen LogP contribution is -2.17. The van der Waals surface area contributed by atoms with Crippen molar-refractivity contribution < 1.29 is 42.5 Å². The van der Waals surface area contributed by atoms with Crippen LogP contribution >= 0.6 is 15.2 Å². The van der Waals surface area contributed by atoms with Crippen molar-refractivity contribution >= 4 is 15.2 Å². The van der Waals surface area contributed by atoms with Crippen LogP contribution < -0.4 is 0 Å². The highest BCUT2D eigenvalue weighted by Crippen LogP contribution is 2.54. The molecule has 0 amide bonds. The molecule has 0 bridgehead atoms. The molecule has 0 aromatic carbocycles. The number of aliphatic hydroxyl groups is 3. The quantitative estimate of drug-likeness (QED) is 0.439. The third-order valence-corrected chi connectivity index (χ3v) is 7.65. The highest BCUT2D eigenvalue weighted by molar-refractivity contribution is 7.54. The van der Waals surface area contributed by atoms with Crippen LogP contribution in [0.25, 0.3) is 0 Å². The van der Waals surface area contributed by atoms with Crippen molar-refractivity contribution in [3.05, 3.63) is 0 Å². The maximum Gasteiger partial charge on any atom is 0.331 e. The molecule has 1 fully saturated rings. The number of hydrogen-bond donors (Lipinski definition) is 3. The minimum atomic E-state index is -3.13. The molecule has 0 aliphatic carbocycles. The molecule has 2 unspecified atom stereocenters. The Hall–Kier alpha value is 0.180. The van der Waals surface area contributed by atoms with E-state index in [-0.39, 0.29) is 31.9 Å². The molecule has 2 atom stereocenters. The van der Waals surface area contributed by atoms with Crippen molar-refractivity contribution in [2.45, 2.75) is 20.8 Å². The molecule has 0 radical (unpaired) electrons. The van der Waals surface area contributed by atoms with Crippen LogP contribution in [0.4, 0.5) is 0 Å². The summed E-state index contributed by atoms with van der Waals surface area (Å²) in [5.74, 6) is -0.452. The summed E-state index contributed by atoms with van der Waals surface area (Å²) >= 11 is 0. The molecule has 152 valence electrons. The van der Waals surface area contributed by atoms with Gasteiger partial charge < -0.3 is 33.4 Å². The zero-order valence-electron chi connectivity index (χ0n) is 15.2. The molecule has 0 aromatic heterocycles. The lowest BCUT2D eigenvalue weighted by Gasteiger charge is -2.20. The highest BCUT2D eigenvalue weighted by Gasteiger charge is 2.35. The van der Waals surface area contributed by atoms with E-state index >= 15 is 0 Å². The van der Waals surface area contributed by atoms with Crippen LogP contribution in [-0.4, -0.2) is 73.9 Å². The van der Waals surface area contributed by atoms with E-state index in [1.54, 1.807) is 20.8 Å². The minimum Gasteiger partial charge on any atom is -0.396 e. The van der Waals surface area contributed by atoms with Crippen molar-refractivity contribution in [1.29, 1.82) is 0 Å². The van der Waals surface area contributed by atoms with Crippen LogP contribution in [0.5, 0.6) is 0 Å². The number of aliphatic hydroxyl groups excluding tert-OH is 3. The molecule has 9 nitrogen and oxygen atoms in total. The fourth-order valence-corrected chi connectivity index (χ4v) is 5.97. The second-order valence-corrected chi connectivity index (χ2v) is 9.62. The number of rotatable bonds is 11. The summed E-state index contributed by atoms with van der Waals surface area (Å²) in [6.45, 7) is 6.13. The van der Waals surface area contributed by atoms with Crippen molar-refractivity contribution in [1.82, 2.24) is 0 Å². The third kappa shape index (κ3) is 10.2. The summed E-state index contributed by atoms with van der Waals surface area (Å²) in [7, 11) is -5.93. The summed E-state index contributed by atoms with van der Waals surface area (Å²) in [5, 5.41) is 26.4. The van der Waals surface area contributed by atoms with E-state index in [9.17, 15) is 9.13 Å². The van der Waals surface area contributed by atoms with E-state index in [1.165, 1.54) is 0 Å². The molecule has 1 heterocycles. The second kappa shape index (κ2) is 13.4. The summed E-state index contributed by atoms with van der Waals surface area (Å²) in [6, 6.07) is 0. The van der Waals surface area contributed by atoms with Gasteiger partial charge in [0.1, 0.15) is 0 Å². The standard InChI is InChI=1S/C8H19O5P.C6H13O4P/c1-3-12-14(11,13-4-2)7-8(5-9)6-10;1-2-9-11(8)5-6(3-7)4-10-11/h8-10H,3-7H2,1-2H3;6-7H,2-5H2,1H3. The Kier molecular flexibility index (Phi) is 13.5. The van der Waals surface area contributed by atoms with Crippen LogP contribution in [0.3, 0.4) is 0 Å². The smallest absolute Gasteiger partial charge is 0.331 e. The SMILES string of the molecule is CCOP(=O)(CC(CO)CO)OCC.CCOP1(=O)CC(CO)CO1. The van der Waals surface area contributed by atoms with Gasteiger partial charge in [-0.05, 0) is 20.8 Å². The lowest BCUT2D eigenvalue weighted by atomic mass is 10.2. The van der Waals surface area contributed by atoms with E-state index in [2.05, 4.69) is 0 Å². The van der Waals surface area contributed by atoms with Crippen molar-refractivity contribution in [3.8, 4) is 0 Å². The first-order valence-corrected chi connectivity index (χ1v) is 11.9. The predicted molar refractivity (Wildman–Crippen MR) is 94.0 cm³/mol. The van der Waals surface area contributed by atoms with Crippen LogP contribution in [0.2, 0.25) is 0 Å². The molecule has 0 spiro atoms. The van der Waals surface area contributed by atoms with Crippen LogP contribution in [-0.2, 0) is 27.2 Å². The van der Waals surface area contributed by atoms with Gasteiger partial charge in [-0.2, -0.15) is 0 Å². The number of hydrogen-bond acceptors (Lipinski definition) is 9. The molecule has 3 N–H and O–H groups in total. The van der Waals surface area contributed by atoms with E-state index in [1.807, 2.05) is 0 Å². The molecule has 1 aliphatic rings. The normalized spacial score (nSPS) is 23.6. The predicted octanol–water partition coefficient (Wildman–Crippen LogP) is 1.71. The minimum absolute atomic E-state index is 0.00705. The summed E-state index contributed by atoms with van der Waals surface area (Å²) in [5.41, 5.74) is 0. The Morgan fingerprint density at radius 2 is 1.68 bits per heavy atom.